The number of nitrogens with zero attached hydrogens (tertiary/aromatic N) is 1. The Bertz CT molecular complexity index is 138. The van der Waals surface area contributed by atoms with Crippen molar-refractivity contribution < 1.29 is 4.79 Å². The molecule has 64 valence electrons. The normalized spacial score (nSPS) is 17.4. The Kier molecular flexibility index (Phi) is 3.06. The molecule has 0 atom stereocenters. The Morgan fingerprint density at radius 3 is 2.55 bits per heavy atom. The first-order chi connectivity index (χ1) is 5.18. The molecule has 0 heterocycles. The summed E-state index contributed by atoms with van der Waals surface area (Å²) in [6.45, 7) is 0.618. The fraction of sp³-hybridized carbons (Fsp3) is 0.889. The molecule has 0 aliphatic heterocycles. The summed E-state index contributed by atoms with van der Waals surface area (Å²) in [6, 6.07) is 0. The number of rotatable bonds is 5. The fourth-order valence-electron chi connectivity index (χ4n) is 1.20. The van der Waals surface area contributed by atoms with Crippen LogP contribution in [0.5, 0.6) is 0 Å². The maximum Gasteiger partial charge on any atom is 0.146 e. The zero-order valence-corrected chi connectivity index (χ0v) is 7.47. The van der Waals surface area contributed by atoms with Crippen LogP contribution in [0.3, 0.4) is 0 Å². The van der Waals surface area contributed by atoms with Crippen LogP contribution in [0.15, 0.2) is 0 Å². The van der Waals surface area contributed by atoms with E-state index in [9.17, 15) is 4.79 Å². The maximum atomic E-state index is 11.1. The third kappa shape index (κ3) is 4.14. The van der Waals surface area contributed by atoms with Crippen LogP contribution in [0.1, 0.15) is 25.7 Å². The average Bonchev–Trinajstić information content (AvgIpc) is 2.63. The van der Waals surface area contributed by atoms with E-state index >= 15 is 0 Å². The molecule has 1 rings (SSSR count). The van der Waals surface area contributed by atoms with E-state index in [0.717, 1.165) is 18.8 Å². The second kappa shape index (κ2) is 3.86. The molecule has 0 amide bonds. The van der Waals surface area contributed by atoms with Crippen LogP contribution in [-0.2, 0) is 4.79 Å². The van der Waals surface area contributed by atoms with Crippen molar-refractivity contribution in [3.63, 3.8) is 0 Å². The number of likely N-dealkylation sites (N-methyl/N-ethyl adjacent to an activating group) is 1. The van der Waals surface area contributed by atoms with E-state index in [2.05, 4.69) is 0 Å². The zero-order chi connectivity index (χ0) is 8.27. The van der Waals surface area contributed by atoms with Crippen LogP contribution in [0.4, 0.5) is 0 Å². The van der Waals surface area contributed by atoms with Gasteiger partial charge in [-0.3, -0.25) is 4.79 Å². The van der Waals surface area contributed by atoms with Gasteiger partial charge in [-0.15, -0.1) is 0 Å². The van der Waals surface area contributed by atoms with Gasteiger partial charge in [-0.25, -0.2) is 0 Å². The van der Waals surface area contributed by atoms with Crippen molar-refractivity contribution >= 4 is 5.78 Å². The highest BCUT2D eigenvalue weighted by Crippen LogP contribution is 2.33. The van der Waals surface area contributed by atoms with Gasteiger partial charge >= 0.3 is 0 Å². The van der Waals surface area contributed by atoms with E-state index in [1.165, 1.54) is 12.8 Å². The van der Waals surface area contributed by atoms with Crippen molar-refractivity contribution in [2.75, 3.05) is 20.6 Å². The molecule has 0 radical (unpaired) electrons. The Labute approximate surface area is 68.6 Å². The summed E-state index contributed by atoms with van der Waals surface area (Å²) in [6.07, 6.45) is 4.64. The first kappa shape index (κ1) is 8.72. The standard InChI is InChI=1S/C9H17NO/c1-10(2)7-9(11)6-5-8-3-4-8/h8H,3-7H2,1-2H3. The highest BCUT2D eigenvalue weighted by atomic mass is 16.1. The highest BCUT2D eigenvalue weighted by Gasteiger charge is 2.21. The lowest BCUT2D eigenvalue weighted by atomic mass is 10.1. The summed E-state index contributed by atoms with van der Waals surface area (Å²) in [7, 11) is 3.88. The topological polar surface area (TPSA) is 20.3 Å². The van der Waals surface area contributed by atoms with E-state index in [1.807, 2.05) is 19.0 Å². The number of ketones is 1. The largest absolute Gasteiger partial charge is 0.302 e. The van der Waals surface area contributed by atoms with E-state index in [-0.39, 0.29) is 0 Å². The summed E-state index contributed by atoms with van der Waals surface area (Å²) in [5.74, 6) is 1.28. The van der Waals surface area contributed by atoms with Crippen LogP contribution < -0.4 is 0 Å². The smallest absolute Gasteiger partial charge is 0.146 e. The summed E-state index contributed by atoms with van der Waals surface area (Å²) in [4.78, 5) is 13.1. The summed E-state index contributed by atoms with van der Waals surface area (Å²) in [5.41, 5.74) is 0. The second-order valence-corrected chi connectivity index (χ2v) is 3.76. The molecule has 1 aliphatic rings. The number of carbonyl (C=O) groups is 1. The van der Waals surface area contributed by atoms with Crippen molar-refractivity contribution in [1.82, 2.24) is 4.90 Å². The fourth-order valence-corrected chi connectivity index (χ4v) is 1.20. The van der Waals surface area contributed by atoms with Gasteiger partial charge in [0.25, 0.3) is 0 Å². The predicted molar refractivity (Wildman–Crippen MR) is 45.5 cm³/mol. The van der Waals surface area contributed by atoms with E-state index < -0.39 is 0 Å². The zero-order valence-electron chi connectivity index (χ0n) is 7.47. The summed E-state index contributed by atoms with van der Waals surface area (Å²) >= 11 is 0. The Hall–Kier alpha value is -0.370. The third-order valence-electron chi connectivity index (χ3n) is 2.02. The molecule has 0 aromatic carbocycles. The van der Waals surface area contributed by atoms with E-state index in [0.29, 0.717) is 12.3 Å². The predicted octanol–water partition coefficient (Wildman–Crippen LogP) is 1.31. The Morgan fingerprint density at radius 2 is 2.09 bits per heavy atom. The minimum absolute atomic E-state index is 0.391. The highest BCUT2D eigenvalue weighted by molar-refractivity contribution is 5.80. The van der Waals surface area contributed by atoms with Gasteiger partial charge in [-0.1, -0.05) is 12.8 Å². The van der Waals surface area contributed by atoms with Gasteiger partial charge in [-0.2, -0.15) is 0 Å². The molecule has 0 aromatic rings. The molecule has 0 spiro atoms. The molecule has 11 heavy (non-hydrogen) atoms. The van der Waals surface area contributed by atoms with Crippen molar-refractivity contribution in [1.29, 1.82) is 0 Å². The summed E-state index contributed by atoms with van der Waals surface area (Å²) in [5, 5.41) is 0. The number of hydrogen-bond acceptors (Lipinski definition) is 2. The van der Waals surface area contributed by atoms with Gasteiger partial charge in [0.2, 0.25) is 0 Å². The van der Waals surface area contributed by atoms with Gasteiger partial charge < -0.3 is 4.90 Å². The minimum Gasteiger partial charge on any atom is -0.302 e. The molecule has 2 heteroatoms. The van der Waals surface area contributed by atoms with E-state index in [4.69, 9.17) is 0 Å². The van der Waals surface area contributed by atoms with Crippen LogP contribution >= 0.6 is 0 Å². The second-order valence-electron chi connectivity index (χ2n) is 3.76. The van der Waals surface area contributed by atoms with Gasteiger partial charge in [0.15, 0.2) is 0 Å². The molecule has 0 aromatic heterocycles. The summed E-state index contributed by atoms with van der Waals surface area (Å²) < 4.78 is 0. The lowest BCUT2D eigenvalue weighted by Gasteiger charge is -2.07. The van der Waals surface area contributed by atoms with Gasteiger partial charge in [0.05, 0.1) is 6.54 Å². The van der Waals surface area contributed by atoms with Crippen LogP contribution in [-0.4, -0.2) is 31.3 Å². The van der Waals surface area contributed by atoms with E-state index in [1.54, 1.807) is 0 Å². The monoisotopic (exact) mass is 155 g/mol. The quantitative estimate of drug-likeness (QED) is 0.596. The molecular formula is C9H17NO. The molecule has 0 bridgehead atoms. The molecule has 0 saturated heterocycles. The molecule has 0 unspecified atom stereocenters. The molecule has 1 aliphatic carbocycles. The van der Waals surface area contributed by atoms with Gasteiger partial charge in [0.1, 0.15) is 5.78 Å². The lowest BCUT2D eigenvalue weighted by Crippen LogP contribution is -2.21. The number of Topliss-reactive ketones (excluding diaryl/α,β-unsaturated/α-hetero) is 1. The van der Waals surface area contributed by atoms with Gasteiger partial charge in [-0.05, 0) is 26.4 Å². The van der Waals surface area contributed by atoms with Crippen molar-refractivity contribution in [3.8, 4) is 0 Å². The van der Waals surface area contributed by atoms with Crippen LogP contribution in [0.2, 0.25) is 0 Å². The molecular weight excluding hydrogens is 138 g/mol. The lowest BCUT2D eigenvalue weighted by molar-refractivity contribution is -0.119. The van der Waals surface area contributed by atoms with Gasteiger partial charge in [0, 0.05) is 6.42 Å². The van der Waals surface area contributed by atoms with Crippen LogP contribution in [0, 0.1) is 5.92 Å². The van der Waals surface area contributed by atoms with Crippen molar-refractivity contribution in [3.05, 3.63) is 0 Å². The molecule has 1 fully saturated rings. The van der Waals surface area contributed by atoms with Crippen molar-refractivity contribution in [2.45, 2.75) is 25.7 Å². The number of carbonyl (C=O) groups excluding carboxylic acids is 1. The first-order valence-corrected chi connectivity index (χ1v) is 4.35. The maximum absolute atomic E-state index is 11.1. The Morgan fingerprint density at radius 1 is 1.45 bits per heavy atom. The molecule has 2 nitrogen and oxygen atoms in total. The molecule has 1 saturated carbocycles. The first-order valence-electron chi connectivity index (χ1n) is 4.35. The van der Waals surface area contributed by atoms with Crippen molar-refractivity contribution in [2.24, 2.45) is 5.92 Å². The SMILES string of the molecule is CN(C)CC(=O)CCC1CC1. The molecule has 0 N–H and O–H groups in total. The van der Waals surface area contributed by atoms with Crippen LogP contribution in [0.25, 0.3) is 0 Å². The third-order valence-corrected chi connectivity index (χ3v) is 2.02. The number of hydrogen-bond donors (Lipinski definition) is 0. The minimum atomic E-state index is 0.391. The Balaban J connectivity index is 2.00. The average molecular weight is 155 g/mol.